The van der Waals surface area contributed by atoms with Crippen LogP contribution < -0.4 is 0 Å². The molecule has 5 heteroatoms. The number of aryl methyl sites for hydroxylation is 2. The van der Waals surface area contributed by atoms with Crippen LogP contribution in [0.4, 0.5) is 22.7 Å². The summed E-state index contributed by atoms with van der Waals surface area (Å²) in [4.78, 5) is 0. The molecule has 25 heavy (non-hydrogen) atoms. The number of aromatic hydroxyl groups is 1. The van der Waals surface area contributed by atoms with Crippen molar-refractivity contribution in [3.8, 4) is 5.75 Å². The second-order valence-corrected chi connectivity index (χ2v) is 5.73. The topological polar surface area (TPSA) is 69.7 Å². The zero-order valence-corrected chi connectivity index (χ0v) is 14.1. The predicted molar refractivity (Wildman–Crippen MR) is 98.8 cm³/mol. The van der Waals surface area contributed by atoms with Crippen molar-refractivity contribution in [1.29, 1.82) is 0 Å². The van der Waals surface area contributed by atoms with Gasteiger partial charge in [-0.1, -0.05) is 12.1 Å². The van der Waals surface area contributed by atoms with E-state index in [1.807, 2.05) is 56.3 Å². The Morgan fingerprint density at radius 2 is 1.28 bits per heavy atom. The maximum absolute atomic E-state index is 9.27. The Morgan fingerprint density at radius 3 is 2.00 bits per heavy atom. The monoisotopic (exact) mass is 330 g/mol. The van der Waals surface area contributed by atoms with E-state index in [9.17, 15) is 5.11 Å². The molecule has 5 nitrogen and oxygen atoms in total. The van der Waals surface area contributed by atoms with Crippen LogP contribution in [0.1, 0.15) is 11.1 Å². The third-order valence-corrected chi connectivity index (χ3v) is 3.59. The average molecular weight is 330 g/mol. The number of azo groups is 2. The number of phenols is 1. The van der Waals surface area contributed by atoms with Crippen LogP contribution in [0.2, 0.25) is 0 Å². The molecule has 0 aliphatic rings. The normalized spacial score (nSPS) is 11.4. The number of benzene rings is 3. The molecule has 0 aromatic heterocycles. The number of hydrogen-bond acceptors (Lipinski definition) is 5. The number of rotatable bonds is 4. The van der Waals surface area contributed by atoms with Crippen LogP contribution in [-0.4, -0.2) is 5.11 Å². The molecular formula is C20H18N4O. The van der Waals surface area contributed by atoms with Crippen LogP contribution in [-0.2, 0) is 0 Å². The van der Waals surface area contributed by atoms with E-state index in [1.54, 1.807) is 24.3 Å². The predicted octanol–water partition coefficient (Wildman–Crippen LogP) is 6.84. The van der Waals surface area contributed by atoms with Crippen molar-refractivity contribution in [1.82, 2.24) is 0 Å². The maximum atomic E-state index is 9.27. The Kier molecular flexibility index (Phi) is 4.95. The van der Waals surface area contributed by atoms with Gasteiger partial charge in [0.15, 0.2) is 0 Å². The van der Waals surface area contributed by atoms with Crippen molar-refractivity contribution in [3.05, 3.63) is 77.9 Å². The Bertz CT molecular complexity index is 931. The lowest BCUT2D eigenvalue weighted by atomic mass is 10.2. The van der Waals surface area contributed by atoms with E-state index in [-0.39, 0.29) is 5.75 Å². The van der Waals surface area contributed by atoms with Gasteiger partial charge in [-0.15, -0.1) is 0 Å². The molecule has 3 aromatic carbocycles. The molecule has 1 N–H and O–H groups in total. The van der Waals surface area contributed by atoms with E-state index in [4.69, 9.17) is 0 Å². The molecule has 0 unspecified atom stereocenters. The maximum Gasteiger partial charge on any atom is 0.115 e. The summed E-state index contributed by atoms with van der Waals surface area (Å²) in [6.07, 6.45) is 0. The SMILES string of the molecule is Cc1cccc(N=Nc2ccc(N=Nc3ccc(O)cc3)cc2C)c1. The molecule has 0 spiro atoms. The summed E-state index contributed by atoms with van der Waals surface area (Å²) >= 11 is 0. The van der Waals surface area contributed by atoms with Crippen molar-refractivity contribution in [2.75, 3.05) is 0 Å². The van der Waals surface area contributed by atoms with Crippen molar-refractivity contribution in [2.45, 2.75) is 13.8 Å². The van der Waals surface area contributed by atoms with E-state index in [0.29, 0.717) is 5.69 Å². The van der Waals surface area contributed by atoms with Crippen molar-refractivity contribution in [3.63, 3.8) is 0 Å². The van der Waals surface area contributed by atoms with Gasteiger partial charge in [-0.3, -0.25) is 0 Å². The van der Waals surface area contributed by atoms with Gasteiger partial charge in [0.1, 0.15) is 5.75 Å². The average Bonchev–Trinajstić information content (AvgIpc) is 2.60. The van der Waals surface area contributed by atoms with Gasteiger partial charge in [0, 0.05) is 0 Å². The van der Waals surface area contributed by atoms with Crippen LogP contribution in [0.3, 0.4) is 0 Å². The quantitative estimate of drug-likeness (QED) is 0.523. The van der Waals surface area contributed by atoms with E-state index in [1.165, 1.54) is 0 Å². The molecule has 0 fully saturated rings. The fourth-order valence-corrected chi connectivity index (χ4v) is 2.25. The number of phenolic OH excluding ortho intramolecular Hbond substituents is 1. The van der Waals surface area contributed by atoms with Gasteiger partial charge in [-0.05, 0) is 79.6 Å². The summed E-state index contributed by atoms with van der Waals surface area (Å²) in [5.41, 5.74) is 5.16. The minimum absolute atomic E-state index is 0.207. The molecule has 124 valence electrons. The van der Waals surface area contributed by atoms with Gasteiger partial charge in [0.2, 0.25) is 0 Å². The summed E-state index contributed by atoms with van der Waals surface area (Å²) in [7, 11) is 0. The molecule has 0 bridgehead atoms. The summed E-state index contributed by atoms with van der Waals surface area (Å²) in [5, 5.41) is 26.2. The lowest BCUT2D eigenvalue weighted by Gasteiger charge is -2.01. The van der Waals surface area contributed by atoms with Crippen LogP contribution >= 0.6 is 0 Å². The fourth-order valence-electron chi connectivity index (χ4n) is 2.25. The van der Waals surface area contributed by atoms with Crippen LogP contribution in [0, 0.1) is 13.8 Å². The smallest absolute Gasteiger partial charge is 0.115 e. The van der Waals surface area contributed by atoms with Crippen LogP contribution in [0.15, 0.2) is 87.2 Å². The Morgan fingerprint density at radius 1 is 0.640 bits per heavy atom. The first kappa shape index (κ1) is 16.5. The molecule has 0 amide bonds. The zero-order chi connectivity index (χ0) is 17.6. The van der Waals surface area contributed by atoms with Crippen molar-refractivity contribution in [2.24, 2.45) is 20.5 Å². The molecule has 0 radical (unpaired) electrons. The van der Waals surface area contributed by atoms with E-state index >= 15 is 0 Å². The van der Waals surface area contributed by atoms with Gasteiger partial charge >= 0.3 is 0 Å². The number of hydrogen-bond donors (Lipinski definition) is 1. The molecule has 3 aromatic rings. The third-order valence-electron chi connectivity index (χ3n) is 3.59. The molecule has 0 saturated carbocycles. The molecule has 0 heterocycles. The molecule has 0 atom stereocenters. The van der Waals surface area contributed by atoms with Crippen molar-refractivity contribution >= 4 is 22.7 Å². The first-order chi connectivity index (χ1) is 12.1. The second kappa shape index (κ2) is 7.49. The third kappa shape index (κ3) is 4.57. The largest absolute Gasteiger partial charge is 0.508 e. The van der Waals surface area contributed by atoms with E-state index in [0.717, 1.165) is 28.2 Å². The lowest BCUT2D eigenvalue weighted by molar-refractivity contribution is 0.475. The first-order valence-corrected chi connectivity index (χ1v) is 7.90. The Balaban J connectivity index is 1.75. The van der Waals surface area contributed by atoms with E-state index in [2.05, 4.69) is 20.5 Å². The highest BCUT2D eigenvalue weighted by atomic mass is 16.3. The highest BCUT2D eigenvalue weighted by Gasteiger charge is 1.99. The minimum atomic E-state index is 0.207. The summed E-state index contributed by atoms with van der Waals surface area (Å²) in [5.74, 6) is 0.207. The fraction of sp³-hybridized carbons (Fsp3) is 0.100. The van der Waals surface area contributed by atoms with Gasteiger partial charge in [-0.25, -0.2) is 0 Å². The Hall–Kier alpha value is -3.34. The standard InChI is InChI=1S/C20H18N4O/c1-14-4-3-5-17(12-14)23-24-20-11-8-18(13-15(20)2)22-21-16-6-9-19(25)10-7-16/h3-13,25H,1-2H3. The van der Waals surface area contributed by atoms with Crippen LogP contribution in [0.5, 0.6) is 5.75 Å². The van der Waals surface area contributed by atoms with Gasteiger partial charge in [0.05, 0.1) is 22.7 Å². The minimum Gasteiger partial charge on any atom is -0.508 e. The van der Waals surface area contributed by atoms with Gasteiger partial charge < -0.3 is 5.11 Å². The summed E-state index contributed by atoms with van der Waals surface area (Å²) in [6.45, 7) is 3.99. The van der Waals surface area contributed by atoms with Crippen LogP contribution in [0.25, 0.3) is 0 Å². The zero-order valence-electron chi connectivity index (χ0n) is 14.1. The molecular weight excluding hydrogens is 312 g/mol. The van der Waals surface area contributed by atoms with Gasteiger partial charge in [0.25, 0.3) is 0 Å². The lowest BCUT2D eigenvalue weighted by Crippen LogP contribution is -1.74. The highest BCUT2D eigenvalue weighted by Crippen LogP contribution is 2.27. The molecule has 0 aliphatic heterocycles. The summed E-state index contributed by atoms with van der Waals surface area (Å²) < 4.78 is 0. The first-order valence-electron chi connectivity index (χ1n) is 7.90. The Labute approximate surface area is 146 Å². The second-order valence-electron chi connectivity index (χ2n) is 5.73. The number of nitrogens with zero attached hydrogens (tertiary/aromatic N) is 4. The molecule has 0 saturated heterocycles. The summed E-state index contributed by atoms with van der Waals surface area (Å²) in [6, 6.07) is 20.1. The molecule has 0 aliphatic carbocycles. The van der Waals surface area contributed by atoms with Crippen molar-refractivity contribution < 1.29 is 5.11 Å². The van der Waals surface area contributed by atoms with Gasteiger partial charge in [-0.2, -0.15) is 20.5 Å². The highest BCUT2D eigenvalue weighted by molar-refractivity contribution is 5.54. The van der Waals surface area contributed by atoms with E-state index < -0.39 is 0 Å². The molecule has 3 rings (SSSR count).